The van der Waals surface area contributed by atoms with Crippen molar-refractivity contribution in [1.82, 2.24) is 0 Å². The van der Waals surface area contributed by atoms with Crippen molar-refractivity contribution < 1.29 is 48.6 Å². The molecule has 0 amide bonds. The van der Waals surface area contributed by atoms with Gasteiger partial charge in [-0.25, -0.2) is 4.58 Å². The molecular formula is C38H39N2O10S3+. The summed E-state index contributed by atoms with van der Waals surface area (Å²) < 4.78 is 103. The van der Waals surface area contributed by atoms with Gasteiger partial charge in [-0.15, -0.1) is 0 Å². The van der Waals surface area contributed by atoms with Crippen LogP contribution in [0.25, 0.3) is 5.57 Å². The number of benzene rings is 4. The Morgan fingerprint density at radius 1 is 0.679 bits per heavy atom. The normalized spacial score (nSPS) is 13.3. The van der Waals surface area contributed by atoms with Gasteiger partial charge in [0.2, 0.25) is 0 Å². The molecular weight excluding hydrogens is 741 g/mol. The van der Waals surface area contributed by atoms with Gasteiger partial charge in [0.25, 0.3) is 30.4 Å². The lowest BCUT2D eigenvalue weighted by Gasteiger charge is -2.25. The van der Waals surface area contributed by atoms with Crippen LogP contribution in [-0.2, 0) is 43.4 Å². The zero-order chi connectivity index (χ0) is 38.7. The third-order valence-electron chi connectivity index (χ3n) is 8.78. The largest absolute Gasteiger partial charge is 0.508 e. The average Bonchev–Trinajstić information content (AvgIpc) is 3.10. The molecule has 4 N–H and O–H groups in total. The molecule has 1 aliphatic rings. The van der Waals surface area contributed by atoms with E-state index >= 15 is 0 Å². The fourth-order valence-corrected chi connectivity index (χ4v) is 7.99. The Bertz CT molecular complexity index is 2520. The Balaban J connectivity index is 1.60. The van der Waals surface area contributed by atoms with Crippen LogP contribution in [0.1, 0.15) is 41.7 Å². The molecule has 1 aliphatic carbocycles. The first-order chi connectivity index (χ1) is 24.9. The van der Waals surface area contributed by atoms with Crippen LogP contribution in [0.4, 0.5) is 5.69 Å². The van der Waals surface area contributed by atoms with Gasteiger partial charge in [0.05, 0.1) is 9.79 Å². The maximum Gasteiger partial charge on any atom is 0.295 e. The predicted octanol–water partition coefficient (Wildman–Crippen LogP) is 6.07. The lowest BCUT2D eigenvalue weighted by molar-refractivity contribution is -0.539. The molecule has 0 spiro atoms. The number of phenolic OH excluding ortho intramolecular Hbond substituents is 1. The summed E-state index contributed by atoms with van der Waals surface area (Å²) in [6.45, 7) is 7.48. The van der Waals surface area contributed by atoms with Gasteiger partial charge < -0.3 is 10.0 Å². The molecule has 5 rings (SSSR count). The Morgan fingerprint density at radius 2 is 1.26 bits per heavy atom. The molecule has 278 valence electrons. The molecule has 0 aliphatic heterocycles. The van der Waals surface area contributed by atoms with E-state index in [4.69, 9.17) is 0 Å². The van der Waals surface area contributed by atoms with Crippen LogP contribution in [0.2, 0.25) is 0 Å². The molecule has 0 heterocycles. The van der Waals surface area contributed by atoms with Crippen LogP contribution in [0.5, 0.6) is 5.75 Å². The molecule has 53 heavy (non-hydrogen) atoms. The van der Waals surface area contributed by atoms with Gasteiger partial charge >= 0.3 is 0 Å². The number of hydrogen-bond acceptors (Lipinski definition) is 8. The lowest BCUT2D eigenvalue weighted by Crippen LogP contribution is -2.22. The first kappa shape index (κ1) is 39.3. The minimum Gasteiger partial charge on any atom is -0.508 e. The first-order valence-electron chi connectivity index (χ1n) is 16.4. The van der Waals surface area contributed by atoms with Crippen LogP contribution in [0.3, 0.4) is 0 Å². The molecule has 0 atom stereocenters. The van der Waals surface area contributed by atoms with Crippen LogP contribution in [-0.4, -0.2) is 67.4 Å². The summed E-state index contributed by atoms with van der Waals surface area (Å²) in [6, 6.07) is 21.4. The number of rotatable bonds is 12. The number of hydrogen-bond donors (Lipinski definition) is 4. The number of aromatic hydroxyl groups is 1. The molecule has 0 unspecified atom stereocenters. The van der Waals surface area contributed by atoms with E-state index < -0.39 is 35.2 Å². The van der Waals surface area contributed by atoms with Gasteiger partial charge in [0.15, 0.2) is 12.3 Å². The van der Waals surface area contributed by atoms with Gasteiger partial charge in [0, 0.05) is 48.1 Å². The van der Waals surface area contributed by atoms with Crippen molar-refractivity contribution in [3.63, 3.8) is 0 Å². The van der Waals surface area contributed by atoms with Gasteiger partial charge in [0.1, 0.15) is 17.2 Å². The quantitative estimate of drug-likeness (QED) is 0.0965. The standard InChI is InChI=1S/C38H38N2O10S3/c1-4-39(24-27-8-6-10-33(21-27)51(42,43)44)30-14-12-29(13-15-30)38(36-19-17-32(41)23-37(36)53(48,49)50)35-18-16-31(20-26(35)3)40(5-2)25-28-9-7-11-34(22-28)52(45,46)47/h6-23H,4-5,24-25H2,1-3H3,(H3,42,43,44,45,46,47,48,49,50)/p+1. The highest BCUT2D eigenvalue weighted by atomic mass is 32.2. The third kappa shape index (κ3) is 9.37. The zero-order valence-electron chi connectivity index (χ0n) is 29.1. The zero-order valence-corrected chi connectivity index (χ0v) is 31.5. The number of nitrogens with zero attached hydrogens (tertiary/aromatic N) is 2. The molecule has 15 heteroatoms. The van der Waals surface area contributed by atoms with Crippen molar-refractivity contribution in [2.24, 2.45) is 0 Å². The summed E-state index contributed by atoms with van der Waals surface area (Å²) in [5.41, 5.74) is 5.47. The lowest BCUT2D eigenvalue weighted by atomic mass is 9.88. The van der Waals surface area contributed by atoms with Crippen LogP contribution < -0.4 is 4.90 Å². The second kappa shape index (κ2) is 15.6. The maximum absolute atomic E-state index is 12.7. The molecule has 0 bridgehead atoms. The summed E-state index contributed by atoms with van der Waals surface area (Å²) in [6.07, 6.45) is 7.28. The molecule has 12 nitrogen and oxygen atoms in total. The van der Waals surface area contributed by atoms with Crippen LogP contribution in [0.15, 0.2) is 129 Å². The predicted molar refractivity (Wildman–Crippen MR) is 202 cm³/mol. The van der Waals surface area contributed by atoms with E-state index in [1.807, 2.05) is 60.6 Å². The monoisotopic (exact) mass is 779 g/mol. The Kier molecular flexibility index (Phi) is 11.6. The number of allylic oxidation sites excluding steroid dienone is 5. The smallest absolute Gasteiger partial charge is 0.295 e. The molecule has 4 aromatic rings. The summed E-state index contributed by atoms with van der Waals surface area (Å²) >= 11 is 0. The van der Waals surface area contributed by atoms with Crippen molar-refractivity contribution in [3.8, 4) is 5.75 Å². The first-order valence-corrected chi connectivity index (χ1v) is 20.7. The Labute approximate surface area is 309 Å². The Hall–Kier alpha value is -4.90. The molecule has 4 aromatic carbocycles. The average molecular weight is 780 g/mol. The molecule has 0 radical (unpaired) electrons. The van der Waals surface area contributed by atoms with Crippen molar-refractivity contribution >= 4 is 47.3 Å². The summed E-state index contributed by atoms with van der Waals surface area (Å²) in [4.78, 5) is 1.10. The van der Waals surface area contributed by atoms with E-state index in [1.54, 1.807) is 36.4 Å². The molecule has 0 aromatic heterocycles. The summed E-state index contributed by atoms with van der Waals surface area (Å²) in [5, 5.41) is 10.2. The SMILES string of the molecule is CCN(Cc1cccc(S(=O)(=O)O)c1)c1ccc(C(=C2C=CC(=[N+](CC)Cc3cccc(S(=O)(=O)O)c3)C=C2)c2ccc(O)cc2S(=O)(=O)O)c(C)c1. The number of phenols is 1. The van der Waals surface area contributed by atoms with Gasteiger partial charge in [-0.05, 0) is 109 Å². The maximum atomic E-state index is 12.7. The number of anilines is 1. The van der Waals surface area contributed by atoms with Crippen LogP contribution >= 0.6 is 0 Å². The highest BCUT2D eigenvalue weighted by Crippen LogP contribution is 2.38. The van der Waals surface area contributed by atoms with Gasteiger partial charge in [-0.2, -0.15) is 25.3 Å². The van der Waals surface area contributed by atoms with E-state index in [0.717, 1.165) is 23.0 Å². The second-order valence-corrected chi connectivity index (χ2v) is 16.6. The molecule has 0 saturated carbocycles. The minimum absolute atomic E-state index is 0.151. The van der Waals surface area contributed by atoms with Crippen molar-refractivity contribution in [2.45, 2.75) is 48.5 Å². The summed E-state index contributed by atoms with van der Waals surface area (Å²) in [5.74, 6) is -0.351. The van der Waals surface area contributed by atoms with E-state index in [1.165, 1.54) is 36.4 Å². The molecule has 0 fully saturated rings. The Morgan fingerprint density at radius 3 is 1.81 bits per heavy atom. The highest BCUT2D eigenvalue weighted by Gasteiger charge is 2.24. The van der Waals surface area contributed by atoms with Gasteiger partial charge in [-0.1, -0.05) is 30.3 Å². The minimum atomic E-state index is -4.80. The van der Waals surface area contributed by atoms with Crippen molar-refractivity contribution in [3.05, 3.63) is 143 Å². The third-order valence-corrected chi connectivity index (χ3v) is 11.4. The topological polar surface area (TPSA) is 190 Å². The highest BCUT2D eigenvalue weighted by molar-refractivity contribution is 7.86. The van der Waals surface area contributed by atoms with Crippen LogP contribution in [0, 0.1) is 6.92 Å². The number of aryl methyl sites for hydroxylation is 1. The van der Waals surface area contributed by atoms with E-state index in [9.17, 15) is 44.0 Å². The fourth-order valence-electron chi connectivity index (χ4n) is 6.17. The van der Waals surface area contributed by atoms with Crippen molar-refractivity contribution in [2.75, 3.05) is 18.0 Å². The molecule has 0 saturated heterocycles. The van der Waals surface area contributed by atoms with E-state index in [2.05, 4.69) is 0 Å². The van der Waals surface area contributed by atoms with Crippen molar-refractivity contribution in [1.29, 1.82) is 0 Å². The summed E-state index contributed by atoms with van der Waals surface area (Å²) in [7, 11) is -13.6. The fraction of sp³-hybridized carbons (Fsp3) is 0.184. The van der Waals surface area contributed by atoms with E-state index in [0.29, 0.717) is 54.0 Å². The van der Waals surface area contributed by atoms with Gasteiger partial charge in [-0.3, -0.25) is 13.7 Å². The van der Waals surface area contributed by atoms with E-state index in [-0.39, 0.29) is 21.1 Å². The second-order valence-electron chi connectivity index (χ2n) is 12.3.